The predicted molar refractivity (Wildman–Crippen MR) is 64.1 cm³/mol. The van der Waals surface area contributed by atoms with Crippen molar-refractivity contribution in [2.75, 3.05) is 13.2 Å². The first kappa shape index (κ1) is 16.0. The molecule has 0 saturated carbocycles. The molecule has 98 valence electrons. The van der Waals surface area contributed by atoms with E-state index in [1.807, 2.05) is 6.07 Å². The normalized spacial score (nSPS) is 9.00. The van der Waals surface area contributed by atoms with Gasteiger partial charge in [0.05, 0.1) is 12.7 Å². The van der Waals surface area contributed by atoms with Crippen molar-refractivity contribution < 1.29 is 19.1 Å². The molecule has 0 aromatic rings. The van der Waals surface area contributed by atoms with Crippen molar-refractivity contribution in [3.8, 4) is 18.4 Å². The predicted octanol–water partition coefficient (Wildman–Crippen LogP) is 1.57. The molecule has 0 rings (SSSR count). The molecular formula is C13H17NO4. The van der Waals surface area contributed by atoms with E-state index in [-0.39, 0.29) is 38.0 Å². The van der Waals surface area contributed by atoms with Crippen LogP contribution in [-0.4, -0.2) is 25.2 Å². The maximum Gasteiger partial charge on any atom is 0.306 e. The van der Waals surface area contributed by atoms with Crippen molar-refractivity contribution in [1.82, 2.24) is 0 Å². The summed E-state index contributed by atoms with van der Waals surface area (Å²) >= 11 is 0. The van der Waals surface area contributed by atoms with E-state index in [0.717, 1.165) is 0 Å². The molecule has 5 heteroatoms. The minimum atomic E-state index is -0.352. The summed E-state index contributed by atoms with van der Waals surface area (Å²) in [7, 11) is 0. The fourth-order valence-electron chi connectivity index (χ4n) is 1.14. The Hall–Kier alpha value is -2.01. The molecule has 0 aliphatic heterocycles. The SMILES string of the molecule is C#CCOC(=O)CCCCC(=O)OCCCC#N. The Morgan fingerprint density at radius 2 is 1.67 bits per heavy atom. The molecule has 5 nitrogen and oxygen atoms in total. The van der Waals surface area contributed by atoms with E-state index in [1.54, 1.807) is 0 Å². The highest BCUT2D eigenvalue weighted by atomic mass is 16.5. The van der Waals surface area contributed by atoms with Crippen LogP contribution in [0.5, 0.6) is 0 Å². The second-order valence-electron chi connectivity index (χ2n) is 3.55. The number of nitriles is 1. The van der Waals surface area contributed by atoms with Crippen LogP contribution in [0.15, 0.2) is 0 Å². The molecule has 0 heterocycles. The monoisotopic (exact) mass is 251 g/mol. The highest BCUT2D eigenvalue weighted by molar-refractivity contribution is 5.70. The smallest absolute Gasteiger partial charge is 0.306 e. The molecule has 0 aliphatic rings. The van der Waals surface area contributed by atoms with Crippen LogP contribution >= 0.6 is 0 Å². The van der Waals surface area contributed by atoms with Gasteiger partial charge in [0.1, 0.15) is 0 Å². The molecule has 0 fully saturated rings. The zero-order chi connectivity index (χ0) is 13.6. The number of unbranched alkanes of at least 4 members (excludes halogenated alkanes) is 2. The lowest BCUT2D eigenvalue weighted by atomic mass is 10.2. The Bertz CT molecular complexity index is 338. The lowest BCUT2D eigenvalue weighted by Gasteiger charge is -2.03. The summed E-state index contributed by atoms with van der Waals surface area (Å²) in [4.78, 5) is 22.2. The third-order valence-electron chi connectivity index (χ3n) is 2.02. The average molecular weight is 251 g/mol. The number of carbonyl (C=O) groups is 2. The number of rotatable bonds is 9. The number of hydrogen-bond acceptors (Lipinski definition) is 5. The Balaban J connectivity index is 3.38. The Labute approximate surface area is 107 Å². The van der Waals surface area contributed by atoms with Gasteiger partial charge in [0.25, 0.3) is 0 Å². The Kier molecular flexibility index (Phi) is 10.2. The van der Waals surface area contributed by atoms with Gasteiger partial charge in [-0.25, -0.2) is 0 Å². The molecular weight excluding hydrogens is 234 g/mol. The molecule has 0 spiro atoms. The molecule has 0 aromatic carbocycles. The first-order valence-corrected chi connectivity index (χ1v) is 5.82. The lowest BCUT2D eigenvalue weighted by molar-refractivity contribution is -0.145. The van der Waals surface area contributed by atoms with Crippen molar-refractivity contribution in [2.45, 2.75) is 38.5 Å². The van der Waals surface area contributed by atoms with E-state index < -0.39 is 0 Å². The second kappa shape index (κ2) is 11.5. The van der Waals surface area contributed by atoms with Gasteiger partial charge in [-0.15, -0.1) is 6.42 Å². The Morgan fingerprint density at radius 1 is 1.06 bits per heavy atom. The molecule has 0 atom stereocenters. The highest BCUT2D eigenvalue weighted by Crippen LogP contribution is 2.03. The van der Waals surface area contributed by atoms with Crippen LogP contribution in [0.4, 0.5) is 0 Å². The zero-order valence-corrected chi connectivity index (χ0v) is 10.3. The third kappa shape index (κ3) is 10.5. The van der Waals surface area contributed by atoms with Gasteiger partial charge in [-0.2, -0.15) is 5.26 Å². The highest BCUT2D eigenvalue weighted by Gasteiger charge is 2.05. The number of esters is 2. The lowest BCUT2D eigenvalue weighted by Crippen LogP contribution is -2.07. The van der Waals surface area contributed by atoms with Crippen molar-refractivity contribution in [3.63, 3.8) is 0 Å². The first-order chi connectivity index (χ1) is 8.70. The molecule has 0 aliphatic carbocycles. The van der Waals surface area contributed by atoms with Crippen molar-refractivity contribution in [1.29, 1.82) is 5.26 Å². The quantitative estimate of drug-likeness (QED) is 0.353. The molecule has 0 bridgehead atoms. The van der Waals surface area contributed by atoms with Crippen molar-refractivity contribution in [3.05, 3.63) is 0 Å². The summed E-state index contributed by atoms with van der Waals surface area (Å²) in [6.07, 6.45) is 7.53. The second-order valence-corrected chi connectivity index (χ2v) is 3.55. The maximum atomic E-state index is 11.2. The Morgan fingerprint density at radius 3 is 2.22 bits per heavy atom. The number of hydrogen-bond donors (Lipinski definition) is 0. The molecule has 0 aromatic heterocycles. The molecule has 0 radical (unpaired) electrons. The van der Waals surface area contributed by atoms with Gasteiger partial charge in [-0.05, 0) is 19.3 Å². The molecule has 0 N–H and O–H groups in total. The van der Waals surface area contributed by atoms with Crippen LogP contribution < -0.4 is 0 Å². The fraction of sp³-hybridized carbons (Fsp3) is 0.615. The van der Waals surface area contributed by atoms with Crippen LogP contribution in [0.3, 0.4) is 0 Å². The van der Waals surface area contributed by atoms with Gasteiger partial charge in [0, 0.05) is 19.3 Å². The van der Waals surface area contributed by atoms with Gasteiger partial charge in [-0.3, -0.25) is 9.59 Å². The van der Waals surface area contributed by atoms with E-state index in [4.69, 9.17) is 16.4 Å². The first-order valence-electron chi connectivity index (χ1n) is 5.82. The largest absolute Gasteiger partial charge is 0.466 e. The number of ether oxygens (including phenoxy) is 2. The van der Waals surface area contributed by atoms with E-state index in [1.165, 1.54) is 0 Å². The number of terminal acetylenes is 1. The summed E-state index contributed by atoms with van der Waals surface area (Å²) < 4.78 is 9.55. The molecule has 18 heavy (non-hydrogen) atoms. The van der Waals surface area contributed by atoms with Crippen LogP contribution in [0.2, 0.25) is 0 Å². The summed E-state index contributed by atoms with van der Waals surface area (Å²) in [6.45, 7) is 0.260. The van der Waals surface area contributed by atoms with Crippen LogP contribution in [-0.2, 0) is 19.1 Å². The molecule has 0 unspecified atom stereocenters. The molecule has 0 saturated heterocycles. The standard InChI is InChI=1S/C13H17NO4/c1-2-10-17-12(15)7-3-4-8-13(16)18-11-6-5-9-14/h1H,3-8,10-11H2. The summed E-state index contributed by atoms with van der Waals surface area (Å²) in [5.41, 5.74) is 0. The van der Waals surface area contributed by atoms with E-state index in [9.17, 15) is 9.59 Å². The van der Waals surface area contributed by atoms with Gasteiger partial charge in [0.2, 0.25) is 0 Å². The van der Waals surface area contributed by atoms with Gasteiger partial charge < -0.3 is 9.47 Å². The van der Waals surface area contributed by atoms with E-state index in [2.05, 4.69) is 10.7 Å². The summed E-state index contributed by atoms with van der Waals surface area (Å²) in [5.74, 6) is 1.55. The van der Waals surface area contributed by atoms with Crippen LogP contribution in [0, 0.1) is 23.7 Å². The summed E-state index contributed by atoms with van der Waals surface area (Å²) in [5, 5.41) is 8.27. The van der Waals surface area contributed by atoms with Crippen LogP contribution in [0.25, 0.3) is 0 Å². The van der Waals surface area contributed by atoms with Gasteiger partial charge in [0.15, 0.2) is 6.61 Å². The third-order valence-corrected chi connectivity index (χ3v) is 2.02. The summed E-state index contributed by atoms with van der Waals surface area (Å²) in [6, 6.07) is 1.97. The van der Waals surface area contributed by atoms with Gasteiger partial charge in [-0.1, -0.05) is 5.92 Å². The van der Waals surface area contributed by atoms with Crippen LogP contribution in [0.1, 0.15) is 38.5 Å². The van der Waals surface area contributed by atoms with Crippen molar-refractivity contribution >= 4 is 11.9 Å². The number of carbonyl (C=O) groups excluding carboxylic acids is 2. The fourth-order valence-corrected chi connectivity index (χ4v) is 1.14. The minimum Gasteiger partial charge on any atom is -0.466 e. The average Bonchev–Trinajstić information content (AvgIpc) is 2.37. The number of nitrogens with zero attached hydrogens (tertiary/aromatic N) is 1. The van der Waals surface area contributed by atoms with E-state index in [0.29, 0.717) is 25.7 Å². The van der Waals surface area contributed by atoms with Crippen molar-refractivity contribution in [2.24, 2.45) is 0 Å². The topological polar surface area (TPSA) is 76.4 Å². The molecule has 0 amide bonds. The van der Waals surface area contributed by atoms with E-state index >= 15 is 0 Å². The maximum absolute atomic E-state index is 11.2. The zero-order valence-electron chi connectivity index (χ0n) is 10.3. The van der Waals surface area contributed by atoms with Gasteiger partial charge >= 0.3 is 11.9 Å². The minimum absolute atomic E-state index is 0.0141.